The summed E-state index contributed by atoms with van der Waals surface area (Å²) in [6.45, 7) is 14.6. The SMILES string of the molecule is CC1(O)CN(C(=O)c2cc(C(C)(C)C)c(O)c(C(C)(C)C)c2)C1. The van der Waals surface area contributed by atoms with Crippen LogP contribution in [-0.4, -0.2) is 39.7 Å². The molecular formula is C19H29NO3. The Bertz CT molecular complexity index is 590. The maximum absolute atomic E-state index is 12.7. The van der Waals surface area contributed by atoms with Crippen LogP contribution < -0.4 is 0 Å². The van der Waals surface area contributed by atoms with E-state index in [1.165, 1.54) is 0 Å². The van der Waals surface area contributed by atoms with Crippen LogP contribution in [0.3, 0.4) is 0 Å². The molecule has 2 rings (SSSR count). The third kappa shape index (κ3) is 3.52. The van der Waals surface area contributed by atoms with E-state index in [1.54, 1.807) is 24.0 Å². The molecule has 1 amide bonds. The summed E-state index contributed by atoms with van der Waals surface area (Å²) in [5.41, 5.74) is 0.822. The van der Waals surface area contributed by atoms with Gasteiger partial charge in [-0.15, -0.1) is 0 Å². The minimum absolute atomic E-state index is 0.0903. The first-order valence-corrected chi connectivity index (χ1v) is 8.12. The number of aliphatic hydroxyl groups is 1. The Hall–Kier alpha value is -1.55. The molecule has 0 spiro atoms. The van der Waals surface area contributed by atoms with Gasteiger partial charge in [-0.1, -0.05) is 41.5 Å². The number of β-amino-alcohol motifs (C(OH)–C–C–N with tert-alkyl or cyclic N) is 1. The van der Waals surface area contributed by atoms with Crippen LogP contribution in [0.25, 0.3) is 0 Å². The molecule has 1 aromatic carbocycles. The molecule has 1 aliphatic rings. The Morgan fingerprint density at radius 1 is 1.04 bits per heavy atom. The van der Waals surface area contributed by atoms with Crippen molar-refractivity contribution < 1.29 is 15.0 Å². The summed E-state index contributed by atoms with van der Waals surface area (Å²) in [4.78, 5) is 14.4. The maximum Gasteiger partial charge on any atom is 0.254 e. The van der Waals surface area contributed by atoms with Gasteiger partial charge >= 0.3 is 0 Å². The van der Waals surface area contributed by atoms with Crippen molar-refractivity contribution in [1.29, 1.82) is 0 Å². The van der Waals surface area contributed by atoms with Gasteiger partial charge in [-0.25, -0.2) is 0 Å². The van der Waals surface area contributed by atoms with Gasteiger partial charge in [0.05, 0.1) is 18.7 Å². The van der Waals surface area contributed by atoms with E-state index in [0.29, 0.717) is 18.7 Å². The van der Waals surface area contributed by atoms with Gasteiger partial charge in [-0.05, 0) is 29.9 Å². The zero-order valence-corrected chi connectivity index (χ0v) is 15.3. The molecule has 0 saturated carbocycles. The van der Waals surface area contributed by atoms with Gasteiger partial charge in [0.1, 0.15) is 5.75 Å². The van der Waals surface area contributed by atoms with E-state index >= 15 is 0 Å². The quantitative estimate of drug-likeness (QED) is 0.835. The van der Waals surface area contributed by atoms with Crippen molar-refractivity contribution >= 4 is 5.91 Å². The van der Waals surface area contributed by atoms with Gasteiger partial charge in [-0.3, -0.25) is 4.79 Å². The van der Waals surface area contributed by atoms with Crippen LogP contribution in [0.2, 0.25) is 0 Å². The lowest BCUT2D eigenvalue weighted by Gasteiger charge is -2.44. The molecule has 0 bridgehead atoms. The van der Waals surface area contributed by atoms with Gasteiger partial charge in [0.25, 0.3) is 5.91 Å². The fourth-order valence-electron chi connectivity index (χ4n) is 3.00. The van der Waals surface area contributed by atoms with E-state index in [2.05, 4.69) is 0 Å². The van der Waals surface area contributed by atoms with E-state index in [9.17, 15) is 15.0 Å². The van der Waals surface area contributed by atoms with Crippen molar-refractivity contribution in [3.05, 3.63) is 28.8 Å². The van der Waals surface area contributed by atoms with Crippen LogP contribution in [0.5, 0.6) is 5.75 Å². The normalized spacial score (nSPS) is 17.8. The van der Waals surface area contributed by atoms with Crippen LogP contribution in [0, 0.1) is 0 Å². The molecule has 0 aromatic heterocycles. The molecule has 0 radical (unpaired) electrons. The smallest absolute Gasteiger partial charge is 0.254 e. The molecule has 0 atom stereocenters. The zero-order chi connectivity index (χ0) is 17.8. The highest BCUT2D eigenvalue weighted by Gasteiger charge is 2.40. The third-order valence-electron chi connectivity index (χ3n) is 4.32. The molecule has 0 unspecified atom stereocenters. The molecule has 1 fully saturated rings. The molecule has 1 aliphatic heterocycles. The van der Waals surface area contributed by atoms with E-state index < -0.39 is 5.60 Å². The molecule has 23 heavy (non-hydrogen) atoms. The van der Waals surface area contributed by atoms with Crippen molar-refractivity contribution in [2.45, 2.75) is 64.9 Å². The van der Waals surface area contributed by atoms with Crippen LogP contribution in [0.4, 0.5) is 0 Å². The molecule has 1 aromatic rings. The van der Waals surface area contributed by atoms with Crippen molar-refractivity contribution in [2.24, 2.45) is 0 Å². The topological polar surface area (TPSA) is 60.8 Å². The monoisotopic (exact) mass is 319 g/mol. The van der Waals surface area contributed by atoms with Crippen molar-refractivity contribution in [3.63, 3.8) is 0 Å². The third-order valence-corrected chi connectivity index (χ3v) is 4.32. The second kappa shape index (κ2) is 5.23. The molecule has 2 N–H and O–H groups in total. The minimum atomic E-state index is -0.785. The standard InChI is InChI=1S/C19H29NO3/c1-17(2,3)13-8-12(9-14(15(13)21)18(4,5)6)16(22)20-10-19(7,23)11-20/h8-9,21,23H,10-11H2,1-7H3. The van der Waals surface area contributed by atoms with Crippen LogP contribution in [0.1, 0.15) is 70.0 Å². The first-order valence-electron chi connectivity index (χ1n) is 8.12. The molecule has 4 nitrogen and oxygen atoms in total. The van der Waals surface area contributed by atoms with E-state index in [4.69, 9.17) is 0 Å². The fraction of sp³-hybridized carbons (Fsp3) is 0.632. The van der Waals surface area contributed by atoms with Crippen molar-refractivity contribution in [2.75, 3.05) is 13.1 Å². The summed E-state index contributed by atoms with van der Waals surface area (Å²) in [5, 5.41) is 20.6. The number of aromatic hydroxyl groups is 1. The summed E-state index contributed by atoms with van der Waals surface area (Å²) in [5.74, 6) is 0.185. The molecule has 1 saturated heterocycles. The zero-order valence-electron chi connectivity index (χ0n) is 15.3. The number of carbonyl (C=O) groups excluding carboxylic acids is 1. The predicted octanol–water partition coefficient (Wildman–Crippen LogP) is 3.19. The molecule has 1 heterocycles. The number of nitrogens with zero attached hydrogens (tertiary/aromatic N) is 1. The highest BCUT2D eigenvalue weighted by molar-refractivity contribution is 5.95. The molecule has 0 aliphatic carbocycles. The van der Waals surface area contributed by atoms with Crippen LogP contribution in [-0.2, 0) is 10.8 Å². The van der Waals surface area contributed by atoms with E-state index in [1.807, 2.05) is 41.5 Å². The van der Waals surface area contributed by atoms with Crippen molar-refractivity contribution in [3.8, 4) is 5.75 Å². The average molecular weight is 319 g/mol. The van der Waals surface area contributed by atoms with Gasteiger partial charge in [-0.2, -0.15) is 0 Å². The van der Waals surface area contributed by atoms with E-state index in [-0.39, 0.29) is 22.5 Å². The lowest BCUT2D eigenvalue weighted by atomic mass is 9.78. The summed E-state index contributed by atoms with van der Waals surface area (Å²) < 4.78 is 0. The number of hydrogen-bond donors (Lipinski definition) is 2. The Kier molecular flexibility index (Phi) is 4.05. The largest absolute Gasteiger partial charge is 0.507 e. The summed E-state index contributed by atoms with van der Waals surface area (Å²) in [6, 6.07) is 3.58. The molecule has 4 heteroatoms. The lowest BCUT2D eigenvalue weighted by Crippen LogP contribution is -2.61. The second-order valence-electron chi connectivity index (χ2n) is 9.08. The second-order valence-corrected chi connectivity index (χ2v) is 9.08. The number of phenols is 1. The number of amides is 1. The van der Waals surface area contributed by atoms with Gasteiger partial charge in [0.2, 0.25) is 0 Å². The number of rotatable bonds is 1. The Morgan fingerprint density at radius 2 is 1.43 bits per heavy atom. The lowest BCUT2D eigenvalue weighted by molar-refractivity contribution is -0.0668. The highest BCUT2D eigenvalue weighted by Crippen LogP contribution is 2.40. The highest BCUT2D eigenvalue weighted by atomic mass is 16.3. The maximum atomic E-state index is 12.7. The minimum Gasteiger partial charge on any atom is -0.507 e. The number of benzene rings is 1. The average Bonchev–Trinajstić information content (AvgIpc) is 2.32. The van der Waals surface area contributed by atoms with Crippen molar-refractivity contribution in [1.82, 2.24) is 4.90 Å². The molecule has 128 valence electrons. The Morgan fingerprint density at radius 3 is 1.74 bits per heavy atom. The summed E-state index contributed by atoms with van der Waals surface area (Å²) in [6.07, 6.45) is 0. The fourth-order valence-corrected chi connectivity index (χ4v) is 3.00. The van der Waals surface area contributed by atoms with Crippen LogP contribution >= 0.6 is 0 Å². The number of phenolic OH excluding ortho intramolecular Hbond substituents is 1. The summed E-state index contributed by atoms with van der Waals surface area (Å²) >= 11 is 0. The van der Waals surface area contributed by atoms with Crippen LogP contribution in [0.15, 0.2) is 12.1 Å². The van der Waals surface area contributed by atoms with Gasteiger partial charge in [0, 0.05) is 16.7 Å². The first-order chi connectivity index (χ1) is 10.2. The number of likely N-dealkylation sites (tertiary alicyclic amines) is 1. The first kappa shape index (κ1) is 17.8. The van der Waals surface area contributed by atoms with Gasteiger partial charge in [0.15, 0.2) is 0 Å². The Balaban J connectivity index is 2.51. The van der Waals surface area contributed by atoms with Gasteiger partial charge < -0.3 is 15.1 Å². The number of carbonyl (C=O) groups is 1. The summed E-state index contributed by atoms with van der Waals surface area (Å²) in [7, 11) is 0. The predicted molar refractivity (Wildman–Crippen MR) is 92.0 cm³/mol. The Labute approximate surface area is 139 Å². The number of hydrogen-bond acceptors (Lipinski definition) is 3. The van der Waals surface area contributed by atoms with E-state index in [0.717, 1.165) is 11.1 Å². The molecular weight excluding hydrogens is 290 g/mol.